The molecule has 0 saturated carbocycles. The zero-order valence-electron chi connectivity index (χ0n) is 13.5. The van der Waals surface area contributed by atoms with Crippen molar-refractivity contribution in [3.05, 3.63) is 60.3 Å². The number of aromatic amines is 1. The highest BCUT2D eigenvalue weighted by Gasteiger charge is 2.13. The number of rotatable bonds is 4. The Morgan fingerprint density at radius 3 is 2.80 bits per heavy atom. The predicted octanol–water partition coefficient (Wildman–Crippen LogP) is 3.03. The lowest BCUT2D eigenvalue weighted by atomic mass is 10.1. The highest BCUT2D eigenvalue weighted by molar-refractivity contribution is 5.93. The second-order valence-corrected chi connectivity index (χ2v) is 5.75. The van der Waals surface area contributed by atoms with E-state index in [1.165, 1.54) is 0 Å². The summed E-state index contributed by atoms with van der Waals surface area (Å²) in [6.07, 6.45) is 1.97. The van der Waals surface area contributed by atoms with E-state index in [0.29, 0.717) is 19.0 Å². The quantitative estimate of drug-likeness (QED) is 0.768. The molecule has 1 amide bonds. The van der Waals surface area contributed by atoms with E-state index in [2.05, 4.69) is 15.5 Å². The van der Waals surface area contributed by atoms with Crippen molar-refractivity contribution >= 4 is 11.6 Å². The van der Waals surface area contributed by atoms with Crippen LogP contribution in [0.1, 0.15) is 5.56 Å². The summed E-state index contributed by atoms with van der Waals surface area (Å²) in [5.74, 6) is 1.33. The molecule has 0 saturated heterocycles. The Kier molecular flexibility index (Phi) is 4.08. The maximum atomic E-state index is 12.3. The van der Waals surface area contributed by atoms with E-state index in [9.17, 15) is 4.79 Å². The van der Waals surface area contributed by atoms with Crippen molar-refractivity contribution in [2.24, 2.45) is 0 Å². The fraction of sp³-hybridized carbons (Fsp3) is 0.158. The molecule has 0 aliphatic carbocycles. The molecule has 1 aliphatic heterocycles. The molecule has 2 aromatic carbocycles. The first kappa shape index (κ1) is 15.3. The third-order valence-electron chi connectivity index (χ3n) is 3.93. The van der Waals surface area contributed by atoms with E-state index in [4.69, 9.17) is 9.47 Å². The van der Waals surface area contributed by atoms with Crippen LogP contribution in [0, 0.1) is 0 Å². The zero-order chi connectivity index (χ0) is 17.1. The summed E-state index contributed by atoms with van der Waals surface area (Å²) in [5, 5.41) is 9.79. The molecular weight excluding hydrogens is 318 g/mol. The molecule has 0 radical (unpaired) electrons. The molecule has 0 bridgehead atoms. The Hall–Kier alpha value is -3.28. The average Bonchev–Trinajstić information content (AvgIpc) is 3.16. The third kappa shape index (κ3) is 3.47. The second kappa shape index (κ2) is 6.68. The topological polar surface area (TPSA) is 76.2 Å². The first-order valence-electron chi connectivity index (χ1n) is 8.06. The van der Waals surface area contributed by atoms with Gasteiger partial charge in [-0.2, -0.15) is 5.10 Å². The van der Waals surface area contributed by atoms with Gasteiger partial charge in [0.05, 0.1) is 12.1 Å². The third-order valence-corrected chi connectivity index (χ3v) is 3.93. The molecular formula is C19H17N3O3. The molecule has 6 nitrogen and oxygen atoms in total. The summed E-state index contributed by atoms with van der Waals surface area (Å²) >= 11 is 0. The van der Waals surface area contributed by atoms with Crippen LogP contribution in [-0.4, -0.2) is 29.3 Å². The Morgan fingerprint density at radius 2 is 1.96 bits per heavy atom. The number of hydrogen-bond donors (Lipinski definition) is 2. The highest BCUT2D eigenvalue weighted by atomic mass is 16.6. The number of amides is 1. The van der Waals surface area contributed by atoms with Crippen LogP contribution in [0.2, 0.25) is 0 Å². The van der Waals surface area contributed by atoms with Gasteiger partial charge in [0.25, 0.3) is 0 Å². The predicted molar refractivity (Wildman–Crippen MR) is 93.8 cm³/mol. The van der Waals surface area contributed by atoms with Crippen LogP contribution in [0.3, 0.4) is 0 Å². The number of fused-ring (bicyclic) bond motifs is 1. The van der Waals surface area contributed by atoms with Gasteiger partial charge in [-0.1, -0.05) is 18.2 Å². The molecule has 6 heteroatoms. The number of hydrogen-bond acceptors (Lipinski definition) is 4. The van der Waals surface area contributed by atoms with Crippen molar-refractivity contribution in [3.8, 4) is 22.8 Å². The van der Waals surface area contributed by atoms with Gasteiger partial charge in [0, 0.05) is 17.4 Å². The monoisotopic (exact) mass is 335 g/mol. The van der Waals surface area contributed by atoms with Crippen molar-refractivity contribution in [2.75, 3.05) is 18.5 Å². The van der Waals surface area contributed by atoms with Crippen LogP contribution < -0.4 is 14.8 Å². The largest absolute Gasteiger partial charge is 0.486 e. The summed E-state index contributed by atoms with van der Waals surface area (Å²) in [4.78, 5) is 12.3. The van der Waals surface area contributed by atoms with E-state index in [1.807, 2.05) is 48.5 Å². The van der Waals surface area contributed by atoms with Crippen LogP contribution in [0.25, 0.3) is 11.3 Å². The standard InChI is InChI=1S/C19H17N3O3/c23-19(11-13-4-5-17-18(10-13)25-9-8-24-17)21-15-3-1-2-14(12-15)16-6-7-20-22-16/h1-7,10,12H,8-9,11H2,(H,20,22)(H,21,23). The SMILES string of the molecule is O=C(Cc1ccc2c(c1)OCCO2)Nc1cccc(-c2ccn[nH]2)c1. The smallest absolute Gasteiger partial charge is 0.228 e. The number of nitrogens with zero attached hydrogens (tertiary/aromatic N) is 1. The van der Waals surface area contributed by atoms with Gasteiger partial charge in [-0.15, -0.1) is 0 Å². The van der Waals surface area contributed by atoms with Crippen molar-refractivity contribution in [1.29, 1.82) is 0 Å². The Morgan fingerprint density at radius 1 is 1.08 bits per heavy atom. The minimum atomic E-state index is -0.0848. The average molecular weight is 335 g/mol. The molecule has 2 heterocycles. The number of nitrogens with one attached hydrogen (secondary N) is 2. The van der Waals surface area contributed by atoms with Crippen molar-refractivity contribution < 1.29 is 14.3 Å². The molecule has 25 heavy (non-hydrogen) atoms. The van der Waals surface area contributed by atoms with Gasteiger partial charge in [-0.05, 0) is 35.9 Å². The molecule has 4 rings (SSSR count). The first-order chi connectivity index (χ1) is 12.3. The van der Waals surface area contributed by atoms with Gasteiger partial charge in [0.2, 0.25) is 5.91 Å². The van der Waals surface area contributed by atoms with Crippen LogP contribution in [-0.2, 0) is 11.2 Å². The molecule has 0 spiro atoms. The zero-order valence-corrected chi connectivity index (χ0v) is 13.5. The molecule has 2 N–H and O–H groups in total. The minimum absolute atomic E-state index is 0.0848. The molecule has 1 aromatic heterocycles. The minimum Gasteiger partial charge on any atom is -0.486 e. The molecule has 126 valence electrons. The molecule has 0 atom stereocenters. The van der Waals surface area contributed by atoms with Gasteiger partial charge in [-0.25, -0.2) is 0 Å². The number of anilines is 1. The summed E-state index contributed by atoms with van der Waals surface area (Å²) in [7, 11) is 0. The number of benzene rings is 2. The number of ether oxygens (including phenoxy) is 2. The summed E-state index contributed by atoms with van der Waals surface area (Å²) < 4.78 is 11.0. The number of aromatic nitrogens is 2. The van der Waals surface area contributed by atoms with Gasteiger partial charge >= 0.3 is 0 Å². The van der Waals surface area contributed by atoms with Crippen molar-refractivity contribution in [1.82, 2.24) is 10.2 Å². The Labute approximate surface area is 144 Å². The second-order valence-electron chi connectivity index (χ2n) is 5.75. The molecule has 1 aliphatic rings. The number of H-pyrrole nitrogens is 1. The lowest BCUT2D eigenvalue weighted by Gasteiger charge is -2.18. The van der Waals surface area contributed by atoms with Gasteiger partial charge in [-0.3, -0.25) is 9.89 Å². The summed E-state index contributed by atoms with van der Waals surface area (Å²) in [6, 6.07) is 15.1. The van der Waals surface area contributed by atoms with Crippen LogP contribution in [0.4, 0.5) is 5.69 Å². The van der Waals surface area contributed by atoms with E-state index in [-0.39, 0.29) is 12.3 Å². The van der Waals surface area contributed by atoms with E-state index in [1.54, 1.807) is 6.20 Å². The molecule has 3 aromatic rings. The van der Waals surface area contributed by atoms with Crippen molar-refractivity contribution in [2.45, 2.75) is 6.42 Å². The van der Waals surface area contributed by atoms with E-state index in [0.717, 1.165) is 28.3 Å². The summed E-state index contributed by atoms with van der Waals surface area (Å²) in [5.41, 5.74) is 3.50. The fourth-order valence-corrected chi connectivity index (χ4v) is 2.77. The van der Waals surface area contributed by atoms with E-state index < -0.39 is 0 Å². The molecule has 0 unspecified atom stereocenters. The Bertz CT molecular complexity index is 891. The first-order valence-corrected chi connectivity index (χ1v) is 8.06. The lowest BCUT2D eigenvalue weighted by molar-refractivity contribution is -0.115. The Balaban J connectivity index is 1.45. The van der Waals surface area contributed by atoms with Gasteiger partial charge < -0.3 is 14.8 Å². The lowest BCUT2D eigenvalue weighted by Crippen LogP contribution is -2.17. The van der Waals surface area contributed by atoms with E-state index >= 15 is 0 Å². The fourth-order valence-electron chi connectivity index (χ4n) is 2.77. The summed E-state index contributed by atoms with van der Waals surface area (Å²) in [6.45, 7) is 1.09. The molecule has 0 fully saturated rings. The number of carbonyl (C=O) groups excluding carboxylic acids is 1. The highest BCUT2D eigenvalue weighted by Crippen LogP contribution is 2.31. The van der Waals surface area contributed by atoms with Crippen LogP contribution in [0.5, 0.6) is 11.5 Å². The van der Waals surface area contributed by atoms with Crippen molar-refractivity contribution in [3.63, 3.8) is 0 Å². The normalized spacial score (nSPS) is 12.6. The number of carbonyl (C=O) groups is 1. The maximum Gasteiger partial charge on any atom is 0.228 e. The van der Waals surface area contributed by atoms with Crippen LogP contribution >= 0.6 is 0 Å². The van der Waals surface area contributed by atoms with Crippen LogP contribution in [0.15, 0.2) is 54.7 Å². The maximum absolute atomic E-state index is 12.3. The van der Waals surface area contributed by atoms with Gasteiger partial charge in [0.15, 0.2) is 11.5 Å². The van der Waals surface area contributed by atoms with Gasteiger partial charge in [0.1, 0.15) is 13.2 Å².